The SMILES string of the molecule is Oc1cccc(Cc2nnc3cccc(Cl)n23)c1. The number of hydrogen-bond acceptors (Lipinski definition) is 3. The van der Waals surface area contributed by atoms with Crippen molar-refractivity contribution in [1.29, 1.82) is 0 Å². The fraction of sp³-hybridized carbons (Fsp3) is 0.0769. The first-order valence-electron chi connectivity index (χ1n) is 5.50. The first-order valence-corrected chi connectivity index (χ1v) is 5.88. The summed E-state index contributed by atoms with van der Waals surface area (Å²) in [6, 6.07) is 12.6. The molecule has 0 amide bonds. The first kappa shape index (κ1) is 11.0. The van der Waals surface area contributed by atoms with Crippen LogP contribution in [0.15, 0.2) is 42.5 Å². The maximum atomic E-state index is 9.44. The molecule has 4 nitrogen and oxygen atoms in total. The zero-order chi connectivity index (χ0) is 12.5. The molecule has 90 valence electrons. The minimum Gasteiger partial charge on any atom is -0.508 e. The molecule has 3 rings (SSSR count). The smallest absolute Gasteiger partial charge is 0.161 e. The van der Waals surface area contributed by atoms with E-state index in [0.29, 0.717) is 11.6 Å². The van der Waals surface area contributed by atoms with Crippen LogP contribution in [0.2, 0.25) is 5.15 Å². The third-order valence-electron chi connectivity index (χ3n) is 2.72. The van der Waals surface area contributed by atoms with E-state index < -0.39 is 0 Å². The second-order valence-corrected chi connectivity index (χ2v) is 4.39. The van der Waals surface area contributed by atoms with Crippen molar-refractivity contribution in [2.24, 2.45) is 0 Å². The van der Waals surface area contributed by atoms with E-state index in [2.05, 4.69) is 10.2 Å². The first-order chi connectivity index (χ1) is 8.74. The number of fused-ring (bicyclic) bond motifs is 1. The maximum Gasteiger partial charge on any atom is 0.161 e. The van der Waals surface area contributed by atoms with Gasteiger partial charge in [-0.15, -0.1) is 10.2 Å². The average molecular weight is 260 g/mol. The van der Waals surface area contributed by atoms with Gasteiger partial charge in [0.1, 0.15) is 16.7 Å². The fourth-order valence-electron chi connectivity index (χ4n) is 1.92. The summed E-state index contributed by atoms with van der Waals surface area (Å²) in [5.74, 6) is 0.994. The Morgan fingerprint density at radius 3 is 2.78 bits per heavy atom. The molecule has 0 spiro atoms. The van der Waals surface area contributed by atoms with Crippen LogP contribution in [0.25, 0.3) is 5.65 Å². The van der Waals surface area contributed by atoms with Crippen LogP contribution in [0.4, 0.5) is 0 Å². The Labute approximate surface area is 108 Å². The minimum absolute atomic E-state index is 0.243. The maximum absolute atomic E-state index is 9.44. The predicted octanol–water partition coefficient (Wildman–Crippen LogP) is 2.68. The Kier molecular flexibility index (Phi) is 2.64. The molecule has 3 aromatic rings. The summed E-state index contributed by atoms with van der Waals surface area (Å²) in [5.41, 5.74) is 1.68. The third kappa shape index (κ3) is 1.91. The van der Waals surface area contributed by atoms with Crippen molar-refractivity contribution in [3.8, 4) is 5.75 Å². The van der Waals surface area contributed by atoms with Crippen molar-refractivity contribution in [3.63, 3.8) is 0 Å². The number of phenolic OH excluding ortho intramolecular Hbond substituents is 1. The molecule has 0 saturated carbocycles. The Balaban J connectivity index is 2.05. The molecule has 0 atom stereocenters. The van der Waals surface area contributed by atoms with Crippen LogP contribution < -0.4 is 0 Å². The Morgan fingerprint density at radius 2 is 1.94 bits per heavy atom. The van der Waals surface area contributed by atoms with E-state index >= 15 is 0 Å². The largest absolute Gasteiger partial charge is 0.508 e. The number of phenols is 1. The molecule has 0 bridgehead atoms. The number of nitrogens with zero attached hydrogens (tertiary/aromatic N) is 3. The molecular weight excluding hydrogens is 250 g/mol. The number of hydrogen-bond donors (Lipinski definition) is 1. The summed E-state index contributed by atoms with van der Waals surface area (Å²) in [6.07, 6.45) is 0.569. The van der Waals surface area contributed by atoms with Gasteiger partial charge in [0.2, 0.25) is 0 Å². The van der Waals surface area contributed by atoms with Gasteiger partial charge in [0.25, 0.3) is 0 Å². The predicted molar refractivity (Wildman–Crippen MR) is 68.9 cm³/mol. The molecule has 0 aliphatic heterocycles. The van der Waals surface area contributed by atoms with Crippen molar-refractivity contribution in [2.45, 2.75) is 6.42 Å². The van der Waals surface area contributed by atoms with E-state index in [1.54, 1.807) is 28.7 Å². The van der Waals surface area contributed by atoms with E-state index in [1.165, 1.54) is 0 Å². The van der Waals surface area contributed by atoms with Crippen LogP contribution in [-0.2, 0) is 6.42 Å². The average Bonchev–Trinajstić information content (AvgIpc) is 2.74. The second kappa shape index (κ2) is 4.31. The third-order valence-corrected chi connectivity index (χ3v) is 3.02. The molecule has 0 unspecified atom stereocenters. The normalized spacial score (nSPS) is 10.9. The van der Waals surface area contributed by atoms with Crippen LogP contribution in [-0.4, -0.2) is 19.7 Å². The van der Waals surface area contributed by atoms with Crippen molar-refractivity contribution in [3.05, 3.63) is 59.0 Å². The summed E-state index contributed by atoms with van der Waals surface area (Å²) in [6.45, 7) is 0. The van der Waals surface area contributed by atoms with E-state index in [1.807, 2.05) is 18.2 Å². The number of benzene rings is 1. The number of aromatic nitrogens is 3. The van der Waals surface area contributed by atoms with Gasteiger partial charge in [0.05, 0.1) is 0 Å². The van der Waals surface area contributed by atoms with Gasteiger partial charge in [-0.3, -0.25) is 4.40 Å². The monoisotopic (exact) mass is 259 g/mol. The number of pyridine rings is 1. The van der Waals surface area contributed by atoms with Gasteiger partial charge in [0, 0.05) is 6.42 Å². The molecule has 18 heavy (non-hydrogen) atoms. The topological polar surface area (TPSA) is 50.4 Å². The summed E-state index contributed by atoms with van der Waals surface area (Å²) >= 11 is 6.13. The number of rotatable bonds is 2. The fourth-order valence-corrected chi connectivity index (χ4v) is 2.18. The standard InChI is InChI=1S/C13H10ClN3O/c14-11-5-2-6-12-15-16-13(17(11)12)8-9-3-1-4-10(18)7-9/h1-7,18H,8H2. The Bertz CT molecular complexity index is 708. The quantitative estimate of drug-likeness (QED) is 0.720. The Morgan fingerprint density at radius 1 is 1.11 bits per heavy atom. The lowest BCUT2D eigenvalue weighted by Crippen LogP contribution is -1.97. The molecule has 0 aliphatic carbocycles. The van der Waals surface area contributed by atoms with Gasteiger partial charge in [-0.1, -0.05) is 29.8 Å². The summed E-state index contributed by atoms with van der Waals surface area (Å²) in [5, 5.41) is 18.2. The van der Waals surface area contributed by atoms with Gasteiger partial charge >= 0.3 is 0 Å². The van der Waals surface area contributed by atoms with E-state index in [-0.39, 0.29) is 5.75 Å². The minimum atomic E-state index is 0.243. The van der Waals surface area contributed by atoms with Crippen molar-refractivity contribution in [1.82, 2.24) is 14.6 Å². The van der Waals surface area contributed by atoms with Crippen LogP contribution in [0.3, 0.4) is 0 Å². The van der Waals surface area contributed by atoms with Crippen molar-refractivity contribution < 1.29 is 5.11 Å². The van der Waals surface area contributed by atoms with Crippen LogP contribution in [0, 0.1) is 0 Å². The second-order valence-electron chi connectivity index (χ2n) is 4.01. The molecule has 5 heteroatoms. The van der Waals surface area contributed by atoms with Crippen molar-refractivity contribution >= 4 is 17.2 Å². The highest BCUT2D eigenvalue weighted by molar-refractivity contribution is 6.29. The van der Waals surface area contributed by atoms with E-state index in [4.69, 9.17) is 11.6 Å². The lowest BCUT2D eigenvalue weighted by Gasteiger charge is -2.02. The summed E-state index contributed by atoms with van der Waals surface area (Å²) in [7, 11) is 0. The zero-order valence-corrected chi connectivity index (χ0v) is 10.2. The van der Waals surface area contributed by atoms with Crippen LogP contribution in [0.1, 0.15) is 11.4 Å². The summed E-state index contributed by atoms with van der Waals surface area (Å²) in [4.78, 5) is 0. The molecule has 2 heterocycles. The lowest BCUT2D eigenvalue weighted by atomic mass is 10.1. The van der Waals surface area contributed by atoms with Crippen LogP contribution in [0.5, 0.6) is 5.75 Å². The van der Waals surface area contributed by atoms with Gasteiger partial charge in [-0.25, -0.2) is 0 Å². The van der Waals surface area contributed by atoms with Gasteiger partial charge in [-0.05, 0) is 29.8 Å². The number of aromatic hydroxyl groups is 1. The van der Waals surface area contributed by atoms with Gasteiger partial charge in [-0.2, -0.15) is 0 Å². The highest BCUT2D eigenvalue weighted by Gasteiger charge is 2.08. The molecule has 1 N–H and O–H groups in total. The molecular formula is C13H10ClN3O. The highest BCUT2D eigenvalue weighted by atomic mass is 35.5. The molecule has 0 fully saturated rings. The molecule has 0 saturated heterocycles. The molecule has 1 aromatic carbocycles. The highest BCUT2D eigenvalue weighted by Crippen LogP contribution is 2.18. The van der Waals surface area contributed by atoms with Gasteiger partial charge < -0.3 is 5.11 Å². The van der Waals surface area contributed by atoms with Gasteiger partial charge in [0.15, 0.2) is 5.65 Å². The molecule has 0 radical (unpaired) electrons. The molecule has 2 aromatic heterocycles. The number of halogens is 1. The Hall–Kier alpha value is -2.07. The van der Waals surface area contributed by atoms with Crippen molar-refractivity contribution in [2.75, 3.05) is 0 Å². The summed E-state index contributed by atoms with van der Waals surface area (Å²) < 4.78 is 1.80. The lowest BCUT2D eigenvalue weighted by molar-refractivity contribution is 0.474. The molecule has 0 aliphatic rings. The zero-order valence-electron chi connectivity index (χ0n) is 9.42. The van der Waals surface area contributed by atoms with E-state index in [9.17, 15) is 5.11 Å². The van der Waals surface area contributed by atoms with Crippen LogP contribution >= 0.6 is 11.6 Å². The van der Waals surface area contributed by atoms with E-state index in [0.717, 1.165) is 17.0 Å².